The highest BCUT2D eigenvalue weighted by molar-refractivity contribution is 5.78. The van der Waals surface area contributed by atoms with E-state index >= 15 is 0 Å². The van der Waals surface area contributed by atoms with Gasteiger partial charge in [0.15, 0.2) is 0 Å². The molecule has 0 saturated heterocycles. The Hall–Kier alpha value is -1.82. The molecule has 0 heterocycles. The zero-order chi connectivity index (χ0) is 16.0. The van der Waals surface area contributed by atoms with Crippen LogP contribution in [-0.4, -0.2) is 0 Å². The van der Waals surface area contributed by atoms with Crippen LogP contribution in [-0.2, 0) is 10.8 Å². The molecule has 1 aliphatic carbocycles. The molecule has 0 atom stereocenters. The van der Waals surface area contributed by atoms with Crippen molar-refractivity contribution in [2.45, 2.75) is 51.4 Å². The molecule has 3 rings (SSSR count). The Morgan fingerprint density at radius 1 is 0.955 bits per heavy atom. The van der Waals surface area contributed by atoms with Crippen LogP contribution in [0, 0.1) is 6.07 Å². The highest BCUT2D eigenvalue weighted by Gasteiger charge is 2.36. The van der Waals surface area contributed by atoms with Crippen molar-refractivity contribution in [3.8, 4) is 0 Å². The number of benzene rings is 2. The average molecular weight is 289 g/mol. The molecule has 0 fully saturated rings. The molecule has 0 amide bonds. The summed E-state index contributed by atoms with van der Waals surface area (Å²) in [5.41, 5.74) is 6.95. The Morgan fingerprint density at radius 3 is 2.27 bits per heavy atom. The van der Waals surface area contributed by atoms with Gasteiger partial charge >= 0.3 is 0 Å². The minimum atomic E-state index is 0.240. The Labute approximate surface area is 134 Å². The first-order valence-corrected chi connectivity index (χ1v) is 8.12. The lowest BCUT2D eigenvalue weighted by Gasteiger charge is -2.42. The molecule has 0 unspecified atom stereocenters. The van der Waals surface area contributed by atoms with E-state index in [4.69, 9.17) is 0 Å². The molecular weight excluding hydrogens is 264 g/mol. The fraction of sp³-hybridized carbons (Fsp3) is 0.364. The standard InChI is InChI=1S/C22H25/c1-16(17-9-7-6-8-10-17)18-11-12-19-20(15-18)22(4,5)14-13-21(19,2)3/h6-7,9-12,15H,1,13-14H2,2-5H3. The highest BCUT2D eigenvalue weighted by atomic mass is 14.4. The van der Waals surface area contributed by atoms with Crippen LogP contribution in [0.15, 0.2) is 49.0 Å². The Bertz CT molecular complexity index is 702. The number of hydrogen-bond acceptors (Lipinski definition) is 0. The summed E-state index contributed by atoms with van der Waals surface area (Å²) in [4.78, 5) is 0. The van der Waals surface area contributed by atoms with Gasteiger partial charge < -0.3 is 0 Å². The number of hydrogen-bond donors (Lipinski definition) is 0. The zero-order valence-corrected chi connectivity index (χ0v) is 14.2. The van der Waals surface area contributed by atoms with Gasteiger partial charge in [0, 0.05) is 0 Å². The van der Waals surface area contributed by atoms with Crippen LogP contribution in [0.5, 0.6) is 0 Å². The van der Waals surface area contributed by atoms with Crippen LogP contribution in [0.2, 0.25) is 0 Å². The number of fused-ring (bicyclic) bond motifs is 1. The van der Waals surface area contributed by atoms with Crippen LogP contribution in [0.1, 0.15) is 62.8 Å². The fourth-order valence-corrected chi connectivity index (χ4v) is 3.52. The van der Waals surface area contributed by atoms with Crippen molar-refractivity contribution < 1.29 is 0 Å². The van der Waals surface area contributed by atoms with E-state index in [1.807, 2.05) is 18.2 Å². The normalized spacial score (nSPS) is 18.5. The summed E-state index contributed by atoms with van der Waals surface area (Å²) in [6.07, 6.45) is 2.49. The maximum absolute atomic E-state index is 4.31. The molecule has 0 spiro atoms. The minimum Gasteiger partial charge on any atom is -0.0906 e. The summed E-state index contributed by atoms with van der Waals surface area (Å²) in [6, 6.07) is 18.1. The van der Waals surface area contributed by atoms with E-state index in [2.05, 4.69) is 64.6 Å². The third-order valence-electron chi connectivity index (χ3n) is 5.26. The van der Waals surface area contributed by atoms with Gasteiger partial charge in [0.1, 0.15) is 0 Å². The van der Waals surface area contributed by atoms with Crippen LogP contribution < -0.4 is 0 Å². The van der Waals surface area contributed by atoms with Crippen LogP contribution >= 0.6 is 0 Å². The minimum absolute atomic E-state index is 0.240. The van der Waals surface area contributed by atoms with Gasteiger partial charge in [0.2, 0.25) is 0 Å². The van der Waals surface area contributed by atoms with Crippen LogP contribution in [0.25, 0.3) is 5.57 Å². The van der Waals surface area contributed by atoms with Crippen molar-refractivity contribution in [2.24, 2.45) is 0 Å². The van der Waals surface area contributed by atoms with Gasteiger partial charge in [-0.2, -0.15) is 0 Å². The smallest absolute Gasteiger partial charge is 0.0100 e. The maximum atomic E-state index is 4.31. The summed E-state index contributed by atoms with van der Waals surface area (Å²) >= 11 is 0. The Morgan fingerprint density at radius 2 is 1.64 bits per heavy atom. The van der Waals surface area contributed by atoms with E-state index in [9.17, 15) is 0 Å². The van der Waals surface area contributed by atoms with Gasteiger partial charge in [-0.1, -0.05) is 70.7 Å². The van der Waals surface area contributed by atoms with Crippen molar-refractivity contribution in [1.82, 2.24) is 0 Å². The molecule has 0 heteroatoms. The van der Waals surface area contributed by atoms with Gasteiger partial charge in [-0.05, 0) is 63.6 Å². The molecule has 113 valence electrons. The SMILES string of the molecule is C=C(c1c[c]ccc1)c1ccc2c(c1)C(C)(C)CCC2(C)C. The number of rotatable bonds is 2. The molecule has 0 bridgehead atoms. The summed E-state index contributed by atoms with van der Waals surface area (Å²) in [6.45, 7) is 13.8. The highest BCUT2D eigenvalue weighted by Crippen LogP contribution is 2.46. The van der Waals surface area contributed by atoms with Crippen LogP contribution in [0.4, 0.5) is 0 Å². The first-order chi connectivity index (χ1) is 10.3. The predicted octanol–water partition coefficient (Wildman–Crippen LogP) is 5.90. The quantitative estimate of drug-likeness (QED) is 0.646. The van der Waals surface area contributed by atoms with E-state index in [0.29, 0.717) is 0 Å². The van der Waals surface area contributed by atoms with E-state index < -0.39 is 0 Å². The van der Waals surface area contributed by atoms with E-state index in [1.54, 1.807) is 0 Å². The first-order valence-electron chi connectivity index (χ1n) is 8.12. The third kappa shape index (κ3) is 2.52. The monoisotopic (exact) mass is 289 g/mol. The molecule has 2 aromatic rings. The van der Waals surface area contributed by atoms with E-state index in [0.717, 1.165) is 11.1 Å². The molecule has 0 nitrogen and oxygen atoms in total. The lowest BCUT2D eigenvalue weighted by atomic mass is 9.63. The van der Waals surface area contributed by atoms with Gasteiger partial charge in [-0.15, -0.1) is 0 Å². The van der Waals surface area contributed by atoms with Gasteiger partial charge in [0.05, 0.1) is 0 Å². The molecule has 0 aliphatic heterocycles. The van der Waals surface area contributed by atoms with Gasteiger partial charge in [0.25, 0.3) is 0 Å². The summed E-state index contributed by atoms with van der Waals surface area (Å²) < 4.78 is 0. The Kier molecular flexibility index (Phi) is 3.51. The van der Waals surface area contributed by atoms with Crippen molar-refractivity contribution in [3.63, 3.8) is 0 Å². The van der Waals surface area contributed by atoms with E-state index in [1.165, 1.54) is 29.5 Å². The van der Waals surface area contributed by atoms with E-state index in [-0.39, 0.29) is 10.8 Å². The predicted molar refractivity (Wildman–Crippen MR) is 95.1 cm³/mol. The van der Waals surface area contributed by atoms with Gasteiger partial charge in [-0.3, -0.25) is 0 Å². The zero-order valence-electron chi connectivity index (χ0n) is 14.2. The molecule has 0 saturated carbocycles. The van der Waals surface area contributed by atoms with Crippen molar-refractivity contribution in [2.75, 3.05) is 0 Å². The second-order valence-electron chi connectivity index (χ2n) is 7.80. The first kappa shape index (κ1) is 15.1. The molecule has 0 aromatic heterocycles. The van der Waals surface area contributed by atoms with Crippen molar-refractivity contribution in [1.29, 1.82) is 0 Å². The second-order valence-corrected chi connectivity index (χ2v) is 7.80. The fourth-order valence-electron chi connectivity index (χ4n) is 3.52. The average Bonchev–Trinajstić information content (AvgIpc) is 2.52. The van der Waals surface area contributed by atoms with Crippen molar-refractivity contribution >= 4 is 5.57 Å². The van der Waals surface area contributed by atoms with Gasteiger partial charge in [-0.25, -0.2) is 0 Å². The lowest BCUT2D eigenvalue weighted by molar-refractivity contribution is 0.332. The second kappa shape index (κ2) is 5.12. The molecule has 22 heavy (non-hydrogen) atoms. The molecule has 1 radical (unpaired) electrons. The Balaban J connectivity index is 2.09. The van der Waals surface area contributed by atoms with Crippen LogP contribution in [0.3, 0.4) is 0 Å². The molecule has 0 N–H and O–H groups in total. The molecule has 1 aliphatic rings. The molecular formula is C22H25. The topological polar surface area (TPSA) is 0 Å². The molecule has 2 aromatic carbocycles. The summed E-state index contributed by atoms with van der Waals surface area (Å²) in [5, 5.41) is 0. The third-order valence-corrected chi connectivity index (χ3v) is 5.26. The summed E-state index contributed by atoms with van der Waals surface area (Å²) in [5.74, 6) is 0. The maximum Gasteiger partial charge on any atom is -0.0100 e. The van der Waals surface area contributed by atoms with Crippen molar-refractivity contribution in [3.05, 3.63) is 77.4 Å². The summed E-state index contributed by atoms with van der Waals surface area (Å²) in [7, 11) is 0. The lowest BCUT2D eigenvalue weighted by Crippen LogP contribution is -2.33. The largest absolute Gasteiger partial charge is 0.0906 e.